The predicted molar refractivity (Wildman–Crippen MR) is 98.2 cm³/mol. The molecule has 26 heavy (non-hydrogen) atoms. The van der Waals surface area contributed by atoms with Crippen molar-refractivity contribution in [1.29, 1.82) is 0 Å². The Labute approximate surface area is 151 Å². The molecule has 132 valence electrons. The lowest BCUT2D eigenvalue weighted by molar-refractivity contribution is 0.578. The van der Waals surface area contributed by atoms with Crippen molar-refractivity contribution in [2.45, 2.75) is 18.8 Å². The molecule has 7 nitrogen and oxygen atoms in total. The molecule has 0 bridgehead atoms. The summed E-state index contributed by atoms with van der Waals surface area (Å²) in [5.41, 5.74) is 1.95. The van der Waals surface area contributed by atoms with Crippen LogP contribution in [0.2, 0.25) is 0 Å². The van der Waals surface area contributed by atoms with Gasteiger partial charge in [0.05, 0.1) is 6.26 Å². The van der Waals surface area contributed by atoms with Crippen LogP contribution in [0.4, 0.5) is 11.6 Å². The summed E-state index contributed by atoms with van der Waals surface area (Å²) in [6.45, 7) is 3.64. The van der Waals surface area contributed by atoms with Crippen LogP contribution >= 0.6 is 0 Å². The molecule has 0 unspecified atom stereocenters. The minimum atomic E-state index is 0.654. The summed E-state index contributed by atoms with van der Waals surface area (Å²) in [5, 5.41) is 8.67. The summed E-state index contributed by atoms with van der Waals surface area (Å²) in [4.78, 5) is 13.5. The molecule has 0 aromatic carbocycles. The third-order valence-corrected chi connectivity index (χ3v) is 5.02. The summed E-state index contributed by atoms with van der Waals surface area (Å²) in [5.74, 6) is 3.34. The molecule has 3 aromatic heterocycles. The van der Waals surface area contributed by atoms with Gasteiger partial charge in [0.2, 0.25) is 0 Å². The van der Waals surface area contributed by atoms with Gasteiger partial charge in [0, 0.05) is 43.9 Å². The van der Waals surface area contributed by atoms with Gasteiger partial charge >= 0.3 is 0 Å². The van der Waals surface area contributed by atoms with Gasteiger partial charge < -0.3 is 14.2 Å². The van der Waals surface area contributed by atoms with Gasteiger partial charge in [-0.2, -0.15) is 0 Å². The SMILES string of the molecule is c1coc(-c2ccc(N3CCN(c4cc(C5CC5)ncn4)CC3)nn2)c1. The molecular weight excluding hydrogens is 328 g/mol. The third-order valence-electron chi connectivity index (χ3n) is 5.02. The number of hydrogen-bond donors (Lipinski definition) is 0. The normalized spacial score (nSPS) is 17.5. The second-order valence-corrected chi connectivity index (χ2v) is 6.80. The number of nitrogens with zero attached hydrogens (tertiary/aromatic N) is 6. The van der Waals surface area contributed by atoms with Crippen LogP contribution in [-0.4, -0.2) is 46.3 Å². The molecule has 1 saturated carbocycles. The Bertz CT molecular complexity index is 867. The van der Waals surface area contributed by atoms with Crippen LogP contribution in [-0.2, 0) is 0 Å². The Balaban J connectivity index is 1.25. The molecular formula is C19H20N6O. The quantitative estimate of drug-likeness (QED) is 0.718. The molecule has 2 fully saturated rings. The molecule has 2 aliphatic rings. The van der Waals surface area contributed by atoms with E-state index in [4.69, 9.17) is 4.42 Å². The van der Waals surface area contributed by atoms with E-state index < -0.39 is 0 Å². The fraction of sp³-hybridized carbons (Fsp3) is 0.368. The fourth-order valence-corrected chi connectivity index (χ4v) is 3.35. The van der Waals surface area contributed by atoms with Crippen LogP contribution in [0.15, 0.2) is 47.3 Å². The number of anilines is 2. The van der Waals surface area contributed by atoms with Crippen LogP contribution in [0.1, 0.15) is 24.5 Å². The van der Waals surface area contributed by atoms with E-state index >= 15 is 0 Å². The highest BCUT2D eigenvalue weighted by molar-refractivity contribution is 5.54. The van der Waals surface area contributed by atoms with Crippen molar-refractivity contribution >= 4 is 11.6 Å². The number of rotatable bonds is 4. The van der Waals surface area contributed by atoms with Gasteiger partial charge in [-0.15, -0.1) is 10.2 Å². The maximum atomic E-state index is 5.36. The molecule has 1 aliphatic carbocycles. The number of furan rings is 1. The highest BCUT2D eigenvalue weighted by Crippen LogP contribution is 2.39. The zero-order chi connectivity index (χ0) is 17.3. The van der Waals surface area contributed by atoms with Crippen molar-refractivity contribution in [3.8, 4) is 11.5 Å². The average molecular weight is 348 g/mol. The minimum absolute atomic E-state index is 0.654. The van der Waals surface area contributed by atoms with E-state index in [1.54, 1.807) is 12.6 Å². The molecule has 0 spiro atoms. The lowest BCUT2D eigenvalue weighted by atomic mass is 10.2. The Hall–Kier alpha value is -2.96. The first-order valence-corrected chi connectivity index (χ1v) is 9.06. The topological polar surface area (TPSA) is 71.2 Å². The molecule has 1 aliphatic heterocycles. The van der Waals surface area contributed by atoms with Gasteiger partial charge in [0.1, 0.15) is 17.8 Å². The highest BCUT2D eigenvalue weighted by atomic mass is 16.3. The molecule has 0 radical (unpaired) electrons. The summed E-state index contributed by atoms with van der Waals surface area (Å²) >= 11 is 0. The maximum absolute atomic E-state index is 5.36. The summed E-state index contributed by atoms with van der Waals surface area (Å²) in [6, 6.07) is 9.87. The maximum Gasteiger partial charge on any atom is 0.154 e. The molecule has 0 atom stereocenters. The second kappa shape index (κ2) is 6.40. The van der Waals surface area contributed by atoms with Crippen LogP contribution in [0, 0.1) is 0 Å². The zero-order valence-electron chi connectivity index (χ0n) is 14.5. The van der Waals surface area contributed by atoms with Gasteiger partial charge in [-0.25, -0.2) is 9.97 Å². The van der Waals surface area contributed by atoms with Gasteiger partial charge in [-0.1, -0.05) is 0 Å². The van der Waals surface area contributed by atoms with Crippen LogP contribution < -0.4 is 9.80 Å². The van der Waals surface area contributed by atoms with Crippen LogP contribution in [0.25, 0.3) is 11.5 Å². The van der Waals surface area contributed by atoms with Gasteiger partial charge in [-0.3, -0.25) is 0 Å². The largest absolute Gasteiger partial charge is 0.463 e. The van der Waals surface area contributed by atoms with E-state index in [0.717, 1.165) is 49.3 Å². The first-order chi connectivity index (χ1) is 12.9. The Morgan fingerprint density at radius 2 is 1.69 bits per heavy atom. The Morgan fingerprint density at radius 1 is 0.885 bits per heavy atom. The van der Waals surface area contributed by atoms with Crippen molar-refractivity contribution in [3.05, 3.63) is 48.6 Å². The van der Waals surface area contributed by atoms with E-state index in [2.05, 4.69) is 36.0 Å². The zero-order valence-corrected chi connectivity index (χ0v) is 14.5. The molecule has 4 heterocycles. The van der Waals surface area contributed by atoms with E-state index in [0.29, 0.717) is 5.92 Å². The fourth-order valence-electron chi connectivity index (χ4n) is 3.35. The van der Waals surface area contributed by atoms with Crippen molar-refractivity contribution in [3.63, 3.8) is 0 Å². The standard InChI is InChI=1S/C19H20N6O/c1-2-17(26-11-1)15-5-6-18(23-22-15)24-7-9-25(10-8-24)19-12-16(14-3-4-14)20-13-21-19/h1-2,5-6,11-14H,3-4,7-10H2. The molecule has 3 aromatic rings. The number of aromatic nitrogens is 4. The van der Waals surface area contributed by atoms with Crippen LogP contribution in [0.5, 0.6) is 0 Å². The minimum Gasteiger partial charge on any atom is -0.463 e. The van der Waals surface area contributed by atoms with Crippen molar-refractivity contribution < 1.29 is 4.42 Å². The van der Waals surface area contributed by atoms with Crippen LogP contribution in [0.3, 0.4) is 0 Å². The lowest BCUT2D eigenvalue weighted by Crippen LogP contribution is -2.47. The first kappa shape index (κ1) is 15.3. The van der Waals surface area contributed by atoms with E-state index in [1.165, 1.54) is 18.5 Å². The summed E-state index contributed by atoms with van der Waals surface area (Å²) in [6.07, 6.45) is 5.87. The summed E-state index contributed by atoms with van der Waals surface area (Å²) < 4.78 is 5.36. The van der Waals surface area contributed by atoms with Crippen molar-refractivity contribution in [2.24, 2.45) is 0 Å². The summed E-state index contributed by atoms with van der Waals surface area (Å²) in [7, 11) is 0. The molecule has 7 heteroatoms. The first-order valence-electron chi connectivity index (χ1n) is 9.06. The van der Waals surface area contributed by atoms with Crippen molar-refractivity contribution in [1.82, 2.24) is 20.2 Å². The molecule has 5 rings (SSSR count). The third kappa shape index (κ3) is 3.00. The number of piperazine rings is 1. The van der Waals surface area contributed by atoms with E-state index in [1.807, 2.05) is 24.3 Å². The second-order valence-electron chi connectivity index (χ2n) is 6.80. The van der Waals surface area contributed by atoms with Gasteiger partial charge in [-0.05, 0) is 37.1 Å². The molecule has 1 saturated heterocycles. The smallest absolute Gasteiger partial charge is 0.154 e. The lowest BCUT2D eigenvalue weighted by Gasteiger charge is -2.35. The number of hydrogen-bond acceptors (Lipinski definition) is 7. The Kier molecular flexibility index (Phi) is 3.77. The van der Waals surface area contributed by atoms with E-state index in [9.17, 15) is 0 Å². The Morgan fingerprint density at radius 3 is 2.35 bits per heavy atom. The molecule has 0 amide bonds. The predicted octanol–water partition coefficient (Wildman–Crippen LogP) is 2.73. The van der Waals surface area contributed by atoms with Crippen molar-refractivity contribution in [2.75, 3.05) is 36.0 Å². The van der Waals surface area contributed by atoms with E-state index in [-0.39, 0.29) is 0 Å². The average Bonchev–Trinajstić information content (AvgIpc) is 3.43. The highest BCUT2D eigenvalue weighted by Gasteiger charge is 2.26. The van der Waals surface area contributed by atoms with Gasteiger partial charge in [0.25, 0.3) is 0 Å². The monoisotopic (exact) mass is 348 g/mol. The molecule has 0 N–H and O–H groups in total. The van der Waals surface area contributed by atoms with Gasteiger partial charge in [0.15, 0.2) is 11.6 Å².